The molecule has 7 rings (SSSR count). The molecular weight excluding hydrogens is 503 g/mol. The number of piperazine rings is 1. The van der Waals surface area contributed by atoms with Gasteiger partial charge in [-0.25, -0.2) is 14.8 Å². The Bertz CT molecular complexity index is 1410. The standard InChI is InChI=1S/C22H16F3N5O5S/c23-22(24,25)35-13-1-4-16(27-8-13)33-15-3-2-14(19-26-5-6-36-19)18-17(15)28-20(34-18)29-9-11-7-12(10-29)30(11)21(31)32/h1-6,8,11-12H,7,9-10H2,(H,31,32). The van der Waals surface area contributed by atoms with E-state index in [-0.39, 0.29) is 23.7 Å². The number of piperidine rings is 1. The summed E-state index contributed by atoms with van der Waals surface area (Å²) in [4.78, 5) is 27.7. The number of thiazole rings is 1. The van der Waals surface area contributed by atoms with Gasteiger partial charge in [0.25, 0.3) is 6.01 Å². The van der Waals surface area contributed by atoms with Crippen LogP contribution >= 0.6 is 11.3 Å². The number of halogens is 3. The molecule has 6 heterocycles. The maximum absolute atomic E-state index is 12.4. The molecule has 0 radical (unpaired) electrons. The molecule has 3 fully saturated rings. The van der Waals surface area contributed by atoms with Crippen molar-refractivity contribution >= 4 is 34.5 Å². The number of anilines is 1. The van der Waals surface area contributed by atoms with E-state index >= 15 is 0 Å². The Kier molecular flexibility index (Phi) is 5.14. The van der Waals surface area contributed by atoms with Crippen LogP contribution in [-0.4, -0.2) is 62.6 Å². The Hall–Kier alpha value is -4.07. The summed E-state index contributed by atoms with van der Waals surface area (Å²) in [7, 11) is 0. The van der Waals surface area contributed by atoms with Gasteiger partial charge in [0.2, 0.25) is 5.88 Å². The highest BCUT2D eigenvalue weighted by molar-refractivity contribution is 7.13. The van der Waals surface area contributed by atoms with Gasteiger partial charge in [-0.15, -0.1) is 24.5 Å². The maximum atomic E-state index is 12.4. The van der Waals surface area contributed by atoms with Gasteiger partial charge in [0.1, 0.15) is 10.8 Å². The molecule has 0 aliphatic carbocycles. The van der Waals surface area contributed by atoms with Crippen molar-refractivity contribution in [3.63, 3.8) is 0 Å². The second kappa shape index (κ2) is 8.26. The highest BCUT2D eigenvalue weighted by Gasteiger charge is 2.48. The van der Waals surface area contributed by atoms with Gasteiger partial charge in [0.05, 0.1) is 23.8 Å². The second-order valence-corrected chi connectivity index (χ2v) is 9.14. The number of hydrogen-bond donors (Lipinski definition) is 1. The van der Waals surface area contributed by atoms with Crippen LogP contribution in [-0.2, 0) is 0 Å². The quantitative estimate of drug-likeness (QED) is 0.390. The summed E-state index contributed by atoms with van der Waals surface area (Å²) >= 11 is 1.42. The summed E-state index contributed by atoms with van der Waals surface area (Å²) < 4.78 is 53.1. The number of carbonyl (C=O) groups is 1. The van der Waals surface area contributed by atoms with Crippen LogP contribution in [0.25, 0.3) is 21.7 Å². The van der Waals surface area contributed by atoms with Gasteiger partial charge in [0, 0.05) is 30.7 Å². The molecule has 2 bridgehead atoms. The van der Waals surface area contributed by atoms with Gasteiger partial charge in [-0.3, -0.25) is 4.90 Å². The molecule has 1 N–H and O–H groups in total. The number of hydrogen-bond acceptors (Lipinski definition) is 9. The number of ether oxygens (including phenoxy) is 2. The monoisotopic (exact) mass is 519 g/mol. The Morgan fingerprint density at radius 3 is 2.61 bits per heavy atom. The van der Waals surface area contributed by atoms with Gasteiger partial charge < -0.3 is 23.9 Å². The summed E-state index contributed by atoms with van der Waals surface area (Å²) in [6.45, 7) is 0.890. The zero-order chi connectivity index (χ0) is 25.0. The van der Waals surface area contributed by atoms with Crippen LogP contribution in [0, 0.1) is 0 Å². The largest absolute Gasteiger partial charge is 0.573 e. The molecule has 1 aromatic carbocycles. The second-order valence-electron chi connectivity index (χ2n) is 8.24. The summed E-state index contributed by atoms with van der Waals surface area (Å²) in [5, 5.41) is 11.9. The molecule has 1 amide bonds. The average Bonchev–Trinajstić information content (AvgIpc) is 3.50. The van der Waals surface area contributed by atoms with Crippen molar-refractivity contribution in [2.45, 2.75) is 24.9 Å². The van der Waals surface area contributed by atoms with Gasteiger partial charge in [-0.1, -0.05) is 0 Å². The number of amides is 1. The fourth-order valence-corrected chi connectivity index (χ4v) is 5.19. The summed E-state index contributed by atoms with van der Waals surface area (Å²) in [5.41, 5.74) is 1.50. The smallest absolute Gasteiger partial charge is 0.465 e. The lowest BCUT2D eigenvalue weighted by Gasteiger charge is -2.54. The zero-order valence-electron chi connectivity index (χ0n) is 18.2. The first-order valence-electron chi connectivity index (χ1n) is 10.7. The predicted octanol–water partition coefficient (Wildman–Crippen LogP) is 4.98. The number of oxazole rings is 1. The van der Waals surface area contributed by atoms with Crippen molar-refractivity contribution in [1.82, 2.24) is 19.9 Å². The zero-order valence-corrected chi connectivity index (χ0v) is 19.0. The molecule has 0 spiro atoms. The summed E-state index contributed by atoms with van der Waals surface area (Å²) in [6.07, 6.45) is -2.39. The van der Waals surface area contributed by atoms with E-state index in [4.69, 9.17) is 9.15 Å². The molecule has 10 nitrogen and oxygen atoms in total. The van der Waals surface area contributed by atoms with Crippen molar-refractivity contribution in [1.29, 1.82) is 0 Å². The summed E-state index contributed by atoms with van der Waals surface area (Å²) in [6, 6.07) is 5.82. The Balaban J connectivity index is 1.33. The molecule has 36 heavy (non-hydrogen) atoms. The first kappa shape index (κ1) is 22.4. The number of carboxylic acid groups (broad SMARTS) is 1. The van der Waals surface area contributed by atoms with Crippen LogP contribution in [0.1, 0.15) is 6.42 Å². The Morgan fingerprint density at radius 1 is 1.17 bits per heavy atom. The lowest BCUT2D eigenvalue weighted by atomic mass is 9.88. The SMILES string of the molecule is O=C(O)N1C2CC1CN(c1nc3c(Oc4ccc(OC(F)(F)F)cn4)ccc(-c4nccs4)c3o1)C2. The van der Waals surface area contributed by atoms with E-state index < -0.39 is 18.2 Å². The van der Waals surface area contributed by atoms with Crippen LogP contribution in [0.15, 0.2) is 46.5 Å². The molecule has 3 aromatic heterocycles. The van der Waals surface area contributed by atoms with Crippen LogP contribution < -0.4 is 14.4 Å². The van der Waals surface area contributed by atoms with E-state index in [1.807, 2.05) is 10.3 Å². The minimum atomic E-state index is -4.82. The molecule has 2 atom stereocenters. The summed E-state index contributed by atoms with van der Waals surface area (Å²) in [5.74, 6) is -0.151. The Labute approximate surface area is 204 Å². The van der Waals surface area contributed by atoms with Crippen LogP contribution in [0.3, 0.4) is 0 Å². The maximum Gasteiger partial charge on any atom is 0.573 e. The number of nitrogens with zero attached hydrogens (tertiary/aromatic N) is 5. The number of rotatable bonds is 5. The van der Waals surface area contributed by atoms with Crippen molar-refractivity contribution in [3.8, 4) is 28.0 Å². The van der Waals surface area contributed by atoms with E-state index in [2.05, 4.69) is 19.7 Å². The number of fused-ring (bicyclic) bond motifs is 3. The first-order valence-corrected chi connectivity index (χ1v) is 11.6. The molecule has 4 aromatic rings. The van der Waals surface area contributed by atoms with Gasteiger partial charge >= 0.3 is 12.5 Å². The molecular formula is C22H16F3N5O5S. The van der Waals surface area contributed by atoms with E-state index in [9.17, 15) is 23.1 Å². The molecule has 3 saturated heterocycles. The van der Waals surface area contributed by atoms with Gasteiger partial charge in [-0.05, 0) is 24.6 Å². The van der Waals surface area contributed by atoms with Crippen molar-refractivity contribution in [2.24, 2.45) is 0 Å². The first-order chi connectivity index (χ1) is 17.2. The topological polar surface area (TPSA) is 114 Å². The third-order valence-electron chi connectivity index (χ3n) is 6.00. The van der Waals surface area contributed by atoms with Crippen LogP contribution in [0.4, 0.5) is 24.0 Å². The number of benzene rings is 1. The fourth-order valence-electron chi connectivity index (χ4n) is 4.53. The van der Waals surface area contributed by atoms with E-state index in [1.54, 1.807) is 18.3 Å². The van der Waals surface area contributed by atoms with Crippen molar-refractivity contribution in [3.05, 3.63) is 42.0 Å². The predicted molar refractivity (Wildman–Crippen MR) is 120 cm³/mol. The van der Waals surface area contributed by atoms with Gasteiger partial charge in [-0.2, -0.15) is 4.98 Å². The number of pyridine rings is 1. The Morgan fingerprint density at radius 2 is 1.97 bits per heavy atom. The third kappa shape index (κ3) is 4.02. The molecule has 2 unspecified atom stereocenters. The normalized spacial score (nSPS) is 19.3. The van der Waals surface area contributed by atoms with Crippen LogP contribution in [0.5, 0.6) is 17.4 Å². The van der Waals surface area contributed by atoms with Gasteiger partial charge in [0.15, 0.2) is 16.8 Å². The molecule has 186 valence electrons. The highest BCUT2D eigenvalue weighted by Crippen LogP contribution is 2.41. The lowest BCUT2D eigenvalue weighted by molar-refractivity contribution is -0.274. The highest BCUT2D eigenvalue weighted by atomic mass is 32.1. The van der Waals surface area contributed by atoms with E-state index in [0.29, 0.717) is 40.8 Å². The number of alkyl halides is 3. The third-order valence-corrected chi connectivity index (χ3v) is 6.81. The average molecular weight is 519 g/mol. The molecule has 0 saturated carbocycles. The van der Waals surface area contributed by atoms with Crippen molar-refractivity contribution < 1.29 is 37.0 Å². The molecule has 3 aliphatic rings. The van der Waals surface area contributed by atoms with E-state index in [1.165, 1.54) is 22.3 Å². The van der Waals surface area contributed by atoms with Crippen LogP contribution in [0.2, 0.25) is 0 Å². The minimum absolute atomic E-state index is 0.0358. The number of aromatic nitrogens is 3. The van der Waals surface area contributed by atoms with E-state index in [0.717, 1.165) is 18.7 Å². The molecule has 14 heteroatoms. The lowest BCUT2D eigenvalue weighted by Crippen LogP contribution is -2.70. The molecule has 3 aliphatic heterocycles. The van der Waals surface area contributed by atoms with Crippen molar-refractivity contribution in [2.75, 3.05) is 18.0 Å². The fraction of sp³-hybridized carbons (Fsp3) is 0.273. The minimum Gasteiger partial charge on any atom is -0.465 e.